The topological polar surface area (TPSA) is 26.0 Å². The molecule has 1 aromatic heterocycles. The zero-order valence-electron chi connectivity index (χ0n) is 12.2. The quantitative estimate of drug-likeness (QED) is 0.704. The normalized spacial score (nSPS) is 18.1. The number of para-hydroxylation sites is 1. The highest BCUT2D eigenvalue weighted by Crippen LogP contribution is 2.36. The maximum absolute atomic E-state index is 6.15. The van der Waals surface area contributed by atoms with E-state index in [0.717, 1.165) is 17.0 Å². The Morgan fingerprint density at radius 1 is 1.11 bits per heavy atom. The van der Waals surface area contributed by atoms with Gasteiger partial charge in [-0.3, -0.25) is 0 Å². The van der Waals surface area contributed by atoms with E-state index < -0.39 is 0 Å². The summed E-state index contributed by atoms with van der Waals surface area (Å²) >= 11 is 0. The molecule has 1 fully saturated rings. The van der Waals surface area contributed by atoms with Crippen molar-refractivity contribution in [2.45, 2.75) is 64.2 Å². The third-order valence-corrected chi connectivity index (χ3v) is 4.19. The minimum absolute atomic E-state index is 0.100. The van der Waals surface area contributed by atoms with Gasteiger partial charge in [-0.25, -0.2) is 4.98 Å². The van der Waals surface area contributed by atoms with Crippen LogP contribution in [0.5, 0.6) is 0 Å². The SMILES string of the molecule is CC(C)(C)c1cccc2nc(C3CCCCC3)oc12. The number of fused-ring (bicyclic) bond motifs is 1. The van der Waals surface area contributed by atoms with Crippen molar-refractivity contribution in [1.82, 2.24) is 4.98 Å². The first-order valence-corrected chi connectivity index (χ1v) is 7.45. The van der Waals surface area contributed by atoms with Gasteiger partial charge in [0.05, 0.1) is 0 Å². The van der Waals surface area contributed by atoms with Gasteiger partial charge in [0, 0.05) is 11.5 Å². The average Bonchev–Trinajstić information content (AvgIpc) is 2.82. The molecule has 2 nitrogen and oxygen atoms in total. The zero-order chi connectivity index (χ0) is 13.5. The molecule has 102 valence electrons. The molecule has 1 heterocycles. The summed E-state index contributed by atoms with van der Waals surface area (Å²) in [4.78, 5) is 4.74. The summed E-state index contributed by atoms with van der Waals surface area (Å²) in [5, 5.41) is 0. The van der Waals surface area contributed by atoms with Crippen LogP contribution in [0.2, 0.25) is 0 Å². The summed E-state index contributed by atoms with van der Waals surface area (Å²) in [6.45, 7) is 6.68. The molecule has 1 saturated carbocycles. The van der Waals surface area contributed by atoms with Crippen molar-refractivity contribution < 1.29 is 4.42 Å². The predicted octanol–water partition coefficient (Wildman–Crippen LogP) is 5.17. The fourth-order valence-electron chi connectivity index (χ4n) is 3.08. The molecule has 0 atom stereocenters. The first-order valence-electron chi connectivity index (χ1n) is 7.45. The lowest BCUT2D eigenvalue weighted by Crippen LogP contribution is -2.11. The first-order chi connectivity index (χ1) is 9.05. The molecule has 1 aliphatic rings. The van der Waals surface area contributed by atoms with E-state index in [1.54, 1.807) is 0 Å². The second-order valence-electron chi connectivity index (χ2n) is 6.79. The van der Waals surface area contributed by atoms with Crippen LogP contribution < -0.4 is 0 Å². The number of hydrogen-bond donors (Lipinski definition) is 0. The van der Waals surface area contributed by atoms with Gasteiger partial charge >= 0.3 is 0 Å². The molecule has 0 amide bonds. The summed E-state index contributed by atoms with van der Waals surface area (Å²) < 4.78 is 6.15. The van der Waals surface area contributed by atoms with E-state index in [-0.39, 0.29) is 5.41 Å². The van der Waals surface area contributed by atoms with Gasteiger partial charge in [0.1, 0.15) is 5.52 Å². The van der Waals surface area contributed by atoms with E-state index in [9.17, 15) is 0 Å². The number of aromatic nitrogens is 1. The molecule has 0 radical (unpaired) electrons. The van der Waals surface area contributed by atoms with Crippen LogP contribution in [0, 0.1) is 0 Å². The molecule has 1 aromatic carbocycles. The molecule has 2 heteroatoms. The van der Waals surface area contributed by atoms with Crippen LogP contribution in [0.15, 0.2) is 22.6 Å². The van der Waals surface area contributed by atoms with Crippen LogP contribution in [-0.2, 0) is 5.41 Å². The van der Waals surface area contributed by atoms with E-state index >= 15 is 0 Å². The van der Waals surface area contributed by atoms with E-state index in [1.165, 1.54) is 37.7 Å². The summed E-state index contributed by atoms with van der Waals surface area (Å²) in [5.74, 6) is 1.50. The molecule has 2 aromatic rings. The van der Waals surface area contributed by atoms with Crippen molar-refractivity contribution in [3.8, 4) is 0 Å². The number of rotatable bonds is 1. The van der Waals surface area contributed by atoms with Crippen molar-refractivity contribution in [3.05, 3.63) is 29.7 Å². The lowest BCUT2D eigenvalue weighted by Gasteiger charge is -2.19. The first kappa shape index (κ1) is 12.7. The zero-order valence-corrected chi connectivity index (χ0v) is 12.2. The molecule has 3 rings (SSSR count). The second kappa shape index (κ2) is 4.66. The van der Waals surface area contributed by atoms with Crippen molar-refractivity contribution in [2.24, 2.45) is 0 Å². The van der Waals surface area contributed by atoms with Crippen LogP contribution in [0.4, 0.5) is 0 Å². The molecular formula is C17H23NO. The molecule has 0 bridgehead atoms. The van der Waals surface area contributed by atoms with Crippen molar-refractivity contribution in [1.29, 1.82) is 0 Å². The predicted molar refractivity (Wildman–Crippen MR) is 78.5 cm³/mol. The Hall–Kier alpha value is -1.31. The van der Waals surface area contributed by atoms with Gasteiger partial charge in [0.25, 0.3) is 0 Å². The maximum atomic E-state index is 6.15. The number of benzene rings is 1. The standard InChI is InChI=1S/C17H23NO/c1-17(2,3)13-10-7-11-14-15(13)19-16(18-14)12-8-5-4-6-9-12/h7,10-12H,4-6,8-9H2,1-3H3. The maximum Gasteiger partial charge on any atom is 0.198 e. The van der Waals surface area contributed by atoms with Crippen molar-refractivity contribution in [3.63, 3.8) is 0 Å². The van der Waals surface area contributed by atoms with Gasteiger partial charge in [0.15, 0.2) is 11.5 Å². The summed E-state index contributed by atoms with van der Waals surface area (Å²) in [6.07, 6.45) is 6.46. The summed E-state index contributed by atoms with van der Waals surface area (Å²) in [5.41, 5.74) is 3.38. The Labute approximate surface area is 115 Å². The third kappa shape index (κ3) is 2.41. The molecule has 0 spiro atoms. The molecule has 0 aliphatic heterocycles. The minimum atomic E-state index is 0.100. The average molecular weight is 257 g/mol. The number of hydrogen-bond acceptors (Lipinski definition) is 2. The van der Waals surface area contributed by atoms with Crippen LogP contribution in [-0.4, -0.2) is 4.98 Å². The Morgan fingerprint density at radius 2 is 1.84 bits per heavy atom. The van der Waals surface area contributed by atoms with Crippen LogP contribution >= 0.6 is 0 Å². The molecule has 0 N–H and O–H groups in total. The Morgan fingerprint density at radius 3 is 2.53 bits per heavy atom. The van der Waals surface area contributed by atoms with Crippen LogP contribution in [0.25, 0.3) is 11.1 Å². The summed E-state index contributed by atoms with van der Waals surface area (Å²) in [7, 11) is 0. The van der Waals surface area contributed by atoms with E-state index in [2.05, 4.69) is 39.0 Å². The highest BCUT2D eigenvalue weighted by Gasteiger charge is 2.24. The van der Waals surface area contributed by atoms with E-state index in [0.29, 0.717) is 5.92 Å². The van der Waals surface area contributed by atoms with Crippen LogP contribution in [0.3, 0.4) is 0 Å². The van der Waals surface area contributed by atoms with Crippen molar-refractivity contribution >= 4 is 11.1 Å². The molecule has 0 saturated heterocycles. The Balaban J connectivity index is 2.05. The number of oxazole rings is 1. The molecule has 0 unspecified atom stereocenters. The second-order valence-corrected chi connectivity index (χ2v) is 6.79. The lowest BCUT2D eigenvalue weighted by atomic mass is 9.86. The monoisotopic (exact) mass is 257 g/mol. The minimum Gasteiger partial charge on any atom is -0.440 e. The third-order valence-electron chi connectivity index (χ3n) is 4.19. The van der Waals surface area contributed by atoms with Gasteiger partial charge in [0.2, 0.25) is 0 Å². The smallest absolute Gasteiger partial charge is 0.198 e. The lowest BCUT2D eigenvalue weighted by molar-refractivity contribution is 0.372. The molecule has 1 aliphatic carbocycles. The molecule has 19 heavy (non-hydrogen) atoms. The van der Waals surface area contributed by atoms with Gasteiger partial charge in [-0.15, -0.1) is 0 Å². The summed E-state index contributed by atoms with van der Waals surface area (Å²) in [6, 6.07) is 6.33. The van der Waals surface area contributed by atoms with Crippen molar-refractivity contribution in [2.75, 3.05) is 0 Å². The van der Waals surface area contributed by atoms with E-state index in [1.807, 2.05) is 0 Å². The highest BCUT2D eigenvalue weighted by atomic mass is 16.3. The van der Waals surface area contributed by atoms with Crippen LogP contribution in [0.1, 0.15) is 70.2 Å². The fraction of sp³-hybridized carbons (Fsp3) is 0.588. The van der Waals surface area contributed by atoms with Gasteiger partial charge in [-0.2, -0.15) is 0 Å². The van der Waals surface area contributed by atoms with Gasteiger partial charge in [-0.1, -0.05) is 52.2 Å². The molecular weight excluding hydrogens is 234 g/mol. The van der Waals surface area contributed by atoms with Gasteiger partial charge < -0.3 is 4.42 Å². The van der Waals surface area contributed by atoms with Gasteiger partial charge in [-0.05, 0) is 24.3 Å². The van der Waals surface area contributed by atoms with E-state index in [4.69, 9.17) is 9.40 Å². The largest absolute Gasteiger partial charge is 0.440 e. The fourth-order valence-corrected chi connectivity index (χ4v) is 3.08. The Kier molecular flexibility index (Phi) is 3.12. The number of nitrogens with zero attached hydrogens (tertiary/aromatic N) is 1. The highest BCUT2D eigenvalue weighted by molar-refractivity contribution is 5.77. The Bertz CT molecular complexity index is 570.